The van der Waals surface area contributed by atoms with Gasteiger partial charge in [-0.1, -0.05) is 36.7 Å². The zero-order chi connectivity index (χ0) is 28.1. The number of sulfonamides is 1. The highest BCUT2D eigenvalue weighted by Gasteiger charge is 2.49. The number of aliphatic hydroxyl groups is 1. The number of amides is 1. The number of rotatable bonds is 0. The third-order valence-electron chi connectivity index (χ3n) is 9.79. The number of benzene rings is 2. The summed E-state index contributed by atoms with van der Waals surface area (Å²) in [5.74, 6) is 0.109. The first-order valence-electron chi connectivity index (χ1n) is 14.3. The van der Waals surface area contributed by atoms with Gasteiger partial charge in [0.25, 0.3) is 5.91 Å². The van der Waals surface area contributed by atoms with Crippen molar-refractivity contribution >= 4 is 33.2 Å². The minimum atomic E-state index is -3.81. The van der Waals surface area contributed by atoms with E-state index in [9.17, 15) is 18.3 Å². The molecule has 1 saturated carbocycles. The molecule has 0 saturated heterocycles. The van der Waals surface area contributed by atoms with Crippen LogP contribution in [0, 0.1) is 11.3 Å². The fourth-order valence-corrected chi connectivity index (χ4v) is 8.29. The van der Waals surface area contributed by atoms with Crippen molar-refractivity contribution in [2.24, 2.45) is 11.3 Å². The molecule has 4 aliphatic rings. The van der Waals surface area contributed by atoms with Gasteiger partial charge in [-0.2, -0.15) is 0 Å². The van der Waals surface area contributed by atoms with Gasteiger partial charge in [0.2, 0.25) is 10.0 Å². The number of hydrogen-bond acceptors (Lipinski definition) is 6. The molecule has 0 unspecified atom stereocenters. The maximum atomic E-state index is 13.1. The van der Waals surface area contributed by atoms with Crippen LogP contribution in [0.4, 0.5) is 5.69 Å². The van der Waals surface area contributed by atoms with E-state index in [2.05, 4.69) is 28.7 Å². The Kier molecular flexibility index (Phi) is 7.16. The molecular formula is C31H37ClN2O5S. The Hall–Kier alpha value is -2.55. The first-order valence-corrected chi connectivity index (χ1v) is 16.3. The van der Waals surface area contributed by atoms with Crippen LogP contribution in [0.25, 0.3) is 0 Å². The van der Waals surface area contributed by atoms with E-state index in [-0.39, 0.29) is 34.5 Å². The Morgan fingerprint density at radius 3 is 2.80 bits per heavy atom. The zero-order valence-corrected chi connectivity index (χ0v) is 24.4. The summed E-state index contributed by atoms with van der Waals surface area (Å²) in [5.41, 5.74) is 3.07. The number of hydrogen-bond donors (Lipinski definition) is 2. The van der Waals surface area contributed by atoms with E-state index in [1.165, 1.54) is 11.1 Å². The number of nitrogens with zero attached hydrogens (tertiary/aromatic N) is 1. The molecule has 2 aliphatic heterocycles. The third kappa shape index (κ3) is 5.03. The number of fused-ring (bicyclic) bond motifs is 4. The summed E-state index contributed by atoms with van der Waals surface area (Å²) in [6, 6.07) is 11.3. The molecule has 7 nitrogen and oxygen atoms in total. The summed E-state index contributed by atoms with van der Waals surface area (Å²) in [5, 5.41) is 12.0. The molecule has 214 valence electrons. The van der Waals surface area contributed by atoms with E-state index in [0.717, 1.165) is 42.8 Å². The van der Waals surface area contributed by atoms with E-state index in [1.54, 1.807) is 24.3 Å². The highest BCUT2D eigenvalue weighted by molar-refractivity contribution is 7.90. The lowest BCUT2D eigenvalue weighted by Crippen LogP contribution is -2.53. The second-order valence-electron chi connectivity index (χ2n) is 12.3. The van der Waals surface area contributed by atoms with Crippen molar-refractivity contribution in [3.63, 3.8) is 0 Å². The van der Waals surface area contributed by atoms with E-state index in [4.69, 9.17) is 16.3 Å². The Balaban J connectivity index is 1.43. The number of carbonyl (C=O) groups excluding carboxylic acids is 1. The molecule has 4 atom stereocenters. The molecule has 6 rings (SSSR count). The Labute approximate surface area is 241 Å². The second-order valence-corrected chi connectivity index (χ2v) is 14.6. The molecule has 2 aliphatic carbocycles. The smallest absolute Gasteiger partial charge is 0.264 e. The van der Waals surface area contributed by atoms with Gasteiger partial charge < -0.3 is 14.7 Å². The molecule has 2 N–H and O–H groups in total. The third-order valence-corrected chi connectivity index (χ3v) is 11.3. The highest BCUT2D eigenvalue weighted by Crippen LogP contribution is 2.52. The minimum Gasteiger partial charge on any atom is -0.490 e. The minimum absolute atomic E-state index is 0.197. The van der Waals surface area contributed by atoms with Gasteiger partial charge >= 0.3 is 0 Å². The fourth-order valence-electron chi connectivity index (χ4n) is 7.15. The largest absolute Gasteiger partial charge is 0.490 e. The summed E-state index contributed by atoms with van der Waals surface area (Å²) >= 11 is 6.38. The SMILES string of the molecule is C[C@@]12CC[C@@H]1CN1C[C@@]3(CCCc4cc(Cl)ccc43)COc3ccc(cc31)C(=O)NS(=O)(=O)CC/C=C/C[C@H]2O. The first kappa shape index (κ1) is 27.6. The van der Waals surface area contributed by atoms with Gasteiger partial charge in [0, 0.05) is 29.1 Å². The van der Waals surface area contributed by atoms with Crippen LogP contribution < -0.4 is 14.4 Å². The van der Waals surface area contributed by atoms with Crippen LogP contribution in [0.1, 0.15) is 66.9 Å². The van der Waals surface area contributed by atoms with Gasteiger partial charge in [0.1, 0.15) is 5.75 Å². The number of nitrogens with one attached hydrogen (secondary N) is 1. The second kappa shape index (κ2) is 10.4. The number of ether oxygens (including phenoxy) is 1. The number of aryl methyl sites for hydroxylation is 1. The molecule has 40 heavy (non-hydrogen) atoms. The maximum Gasteiger partial charge on any atom is 0.264 e. The van der Waals surface area contributed by atoms with Gasteiger partial charge in [0.05, 0.1) is 24.2 Å². The molecule has 1 fully saturated rings. The van der Waals surface area contributed by atoms with E-state index >= 15 is 0 Å². The zero-order valence-electron chi connectivity index (χ0n) is 22.9. The van der Waals surface area contributed by atoms with E-state index < -0.39 is 22.0 Å². The number of aliphatic hydroxyl groups excluding tert-OH is 1. The lowest BCUT2D eigenvalue weighted by molar-refractivity contribution is -0.0695. The molecule has 2 heterocycles. The van der Waals surface area contributed by atoms with Crippen LogP contribution in [-0.4, -0.2) is 51.0 Å². The normalized spacial score (nSPS) is 32.5. The van der Waals surface area contributed by atoms with Gasteiger partial charge in [-0.3, -0.25) is 4.79 Å². The predicted molar refractivity (Wildman–Crippen MR) is 157 cm³/mol. The van der Waals surface area contributed by atoms with Gasteiger partial charge in [0.15, 0.2) is 0 Å². The summed E-state index contributed by atoms with van der Waals surface area (Å²) in [4.78, 5) is 15.4. The van der Waals surface area contributed by atoms with Crippen molar-refractivity contribution in [2.75, 3.05) is 30.3 Å². The van der Waals surface area contributed by atoms with Crippen molar-refractivity contribution < 1.29 is 23.1 Å². The number of anilines is 1. The Morgan fingerprint density at radius 1 is 1.15 bits per heavy atom. The van der Waals surface area contributed by atoms with Crippen LogP contribution in [0.5, 0.6) is 5.75 Å². The average molecular weight is 585 g/mol. The molecule has 2 bridgehead atoms. The number of carbonyl (C=O) groups is 1. The number of halogens is 1. The van der Waals surface area contributed by atoms with Crippen LogP contribution >= 0.6 is 11.6 Å². The average Bonchev–Trinajstić information content (AvgIpc) is 3.06. The molecule has 2 aromatic rings. The van der Waals surface area contributed by atoms with Crippen molar-refractivity contribution in [2.45, 2.75) is 63.4 Å². The topological polar surface area (TPSA) is 95.9 Å². The lowest BCUT2D eigenvalue weighted by atomic mass is 9.57. The van der Waals surface area contributed by atoms with Gasteiger partial charge in [-0.05, 0) is 97.7 Å². The molecule has 1 spiro atoms. The highest BCUT2D eigenvalue weighted by atomic mass is 35.5. The molecule has 2 aromatic carbocycles. The molecule has 9 heteroatoms. The maximum absolute atomic E-state index is 13.1. The quantitative estimate of drug-likeness (QED) is 0.423. The van der Waals surface area contributed by atoms with Gasteiger partial charge in [-0.25, -0.2) is 13.1 Å². The summed E-state index contributed by atoms with van der Waals surface area (Å²) in [7, 11) is -3.81. The molecule has 0 radical (unpaired) electrons. The summed E-state index contributed by atoms with van der Waals surface area (Å²) < 4.78 is 34.0. The van der Waals surface area contributed by atoms with Crippen molar-refractivity contribution in [3.05, 3.63) is 70.3 Å². The summed E-state index contributed by atoms with van der Waals surface area (Å²) in [6.07, 6.45) is 8.80. The van der Waals surface area contributed by atoms with Crippen LogP contribution in [0.15, 0.2) is 48.6 Å². The van der Waals surface area contributed by atoms with Crippen LogP contribution in [-0.2, 0) is 21.9 Å². The summed E-state index contributed by atoms with van der Waals surface area (Å²) in [6.45, 7) is 4.07. The molecule has 1 amide bonds. The lowest BCUT2D eigenvalue weighted by Gasteiger charge is -2.52. The molecule has 0 aromatic heterocycles. The Morgan fingerprint density at radius 2 is 2.00 bits per heavy atom. The Bertz CT molecular complexity index is 1460. The van der Waals surface area contributed by atoms with Crippen molar-refractivity contribution in [1.29, 1.82) is 0 Å². The fraction of sp³-hybridized carbons (Fsp3) is 0.516. The predicted octanol–water partition coefficient (Wildman–Crippen LogP) is 5.00. The van der Waals surface area contributed by atoms with Crippen LogP contribution in [0.2, 0.25) is 5.02 Å². The van der Waals surface area contributed by atoms with Crippen molar-refractivity contribution in [3.8, 4) is 5.75 Å². The standard InChI is InChI=1S/C31H37ClN2O5S/c1-30-14-12-23(30)18-34-19-31(13-5-6-21-16-24(32)9-10-25(21)31)20-39-27-11-8-22(17-26(27)34)29(36)33-40(37,38)15-4-2-3-7-28(30)35/h2-3,8-11,16-17,23,28,35H,4-7,12-15,18-20H2,1H3,(H,33,36)/b3-2+/t23-,28-,30-,31+/m1/s1. The number of allylic oxidation sites excluding steroid dienone is 1. The van der Waals surface area contributed by atoms with Crippen LogP contribution in [0.3, 0.4) is 0 Å². The van der Waals surface area contributed by atoms with E-state index in [1.807, 2.05) is 12.1 Å². The first-order chi connectivity index (χ1) is 19.1. The molecular weight excluding hydrogens is 548 g/mol. The van der Waals surface area contributed by atoms with E-state index in [0.29, 0.717) is 31.9 Å². The van der Waals surface area contributed by atoms with Crippen molar-refractivity contribution in [1.82, 2.24) is 4.72 Å². The monoisotopic (exact) mass is 584 g/mol. The van der Waals surface area contributed by atoms with Gasteiger partial charge in [-0.15, -0.1) is 0 Å².